The van der Waals surface area contributed by atoms with Crippen LogP contribution in [0.3, 0.4) is 0 Å². The number of pyridine rings is 1. The number of H-pyrrole nitrogens is 1. The van der Waals surface area contributed by atoms with Gasteiger partial charge in [0.15, 0.2) is 17.3 Å². The molecule has 0 aliphatic carbocycles. The van der Waals surface area contributed by atoms with Gasteiger partial charge in [0.05, 0.1) is 23.4 Å². The van der Waals surface area contributed by atoms with Crippen molar-refractivity contribution >= 4 is 10.9 Å². The molecule has 0 fully saturated rings. The summed E-state index contributed by atoms with van der Waals surface area (Å²) in [5.41, 5.74) is 0.0430. The van der Waals surface area contributed by atoms with Gasteiger partial charge in [-0.3, -0.25) is 9.67 Å². The second-order valence-electron chi connectivity index (χ2n) is 9.98. The average molecular weight is 569 g/mol. The summed E-state index contributed by atoms with van der Waals surface area (Å²) in [5.74, 6) is -0.622. The van der Waals surface area contributed by atoms with Crippen molar-refractivity contribution in [3.05, 3.63) is 93.2 Å². The molecule has 0 bridgehead atoms. The quantitative estimate of drug-likeness (QED) is 0.222. The molecular formula is C29H28F4N6O2. The van der Waals surface area contributed by atoms with E-state index in [1.807, 2.05) is 44.2 Å². The first-order valence-corrected chi connectivity index (χ1v) is 13.1. The Kier molecular flexibility index (Phi) is 7.52. The van der Waals surface area contributed by atoms with Crippen LogP contribution in [0.5, 0.6) is 0 Å². The molecule has 0 aliphatic heterocycles. The maximum Gasteiger partial charge on any atom is 0.435 e. The number of benzene rings is 2. The van der Waals surface area contributed by atoms with Gasteiger partial charge in [-0.1, -0.05) is 44.2 Å². The fraction of sp³-hybridized carbons (Fsp3) is 0.310. The fourth-order valence-electron chi connectivity index (χ4n) is 4.83. The molecule has 0 amide bonds. The average Bonchev–Trinajstić information content (AvgIpc) is 3.47. The Morgan fingerprint density at radius 3 is 2.46 bits per heavy atom. The van der Waals surface area contributed by atoms with Gasteiger partial charge >= 0.3 is 11.9 Å². The predicted molar refractivity (Wildman–Crippen MR) is 145 cm³/mol. The first kappa shape index (κ1) is 28.2. The van der Waals surface area contributed by atoms with Gasteiger partial charge in [-0.2, -0.15) is 23.0 Å². The standard InChI is InChI=1S/C29H28F4N6O2/c1-5-38-25(15-41-14-18-9-7-6-8-10-18)37-39(28(38)40)24-12-20-19(16(2)3)11-23(34-22(20)13-21(24)30)26-17(4)35-36-27(26)29(31,32)33/h6-13,16H,5,14-15H2,1-4H3,(H,35,36). The number of halogens is 4. The number of fused-ring (bicyclic) bond motifs is 1. The van der Waals surface area contributed by atoms with E-state index in [0.717, 1.165) is 16.3 Å². The Labute approximate surface area is 232 Å². The lowest BCUT2D eigenvalue weighted by Gasteiger charge is -2.15. The van der Waals surface area contributed by atoms with Crippen LogP contribution in [-0.4, -0.2) is 29.5 Å². The van der Waals surface area contributed by atoms with Crippen molar-refractivity contribution in [2.75, 3.05) is 0 Å². The largest absolute Gasteiger partial charge is 0.435 e. The number of hydrogen-bond donors (Lipinski definition) is 1. The highest BCUT2D eigenvalue weighted by atomic mass is 19.4. The first-order chi connectivity index (χ1) is 19.5. The van der Waals surface area contributed by atoms with E-state index in [0.29, 0.717) is 29.9 Å². The third-order valence-corrected chi connectivity index (χ3v) is 6.83. The molecule has 0 unspecified atom stereocenters. The molecule has 0 atom stereocenters. The normalized spacial score (nSPS) is 12.1. The molecular weight excluding hydrogens is 540 g/mol. The highest BCUT2D eigenvalue weighted by Gasteiger charge is 2.38. The van der Waals surface area contributed by atoms with Gasteiger partial charge in [-0.15, -0.1) is 5.10 Å². The molecule has 0 radical (unpaired) electrons. The predicted octanol–water partition coefficient (Wildman–Crippen LogP) is 6.30. The van der Waals surface area contributed by atoms with E-state index in [-0.39, 0.29) is 40.7 Å². The number of rotatable bonds is 8. The molecule has 1 N–H and O–H groups in total. The summed E-state index contributed by atoms with van der Waals surface area (Å²) in [6.07, 6.45) is -4.70. The lowest BCUT2D eigenvalue weighted by molar-refractivity contribution is -0.140. The minimum Gasteiger partial charge on any atom is -0.369 e. The van der Waals surface area contributed by atoms with Gasteiger partial charge < -0.3 is 4.74 Å². The second-order valence-corrected chi connectivity index (χ2v) is 9.98. The molecule has 0 aliphatic rings. The van der Waals surface area contributed by atoms with Crippen LogP contribution in [0.1, 0.15) is 55.0 Å². The van der Waals surface area contributed by atoms with Gasteiger partial charge in [0.25, 0.3) is 0 Å². The highest BCUT2D eigenvalue weighted by molar-refractivity contribution is 5.88. The van der Waals surface area contributed by atoms with Crippen molar-refractivity contribution in [2.24, 2.45) is 0 Å². The zero-order valence-electron chi connectivity index (χ0n) is 22.9. The Hall–Kier alpha value is -4.32. The molecule has 8 nitrogen and oxygen atoms in total. The van der Waals surface area contributed by atoms with E-state index in [2.05, 4.69) is 20.3 Å². The molecule has 41 heavy (non-hydrogen) atoms. The number of aromatic nitrogens is 6. The van der Waals surface area contributed by atoms with Crippen molar-refractivity contribution < 1.29 is 22.3 Å². The summed E-state index contributed by atoms with van der Waals surface area (Å²) in [6, 6.07) is 13.7. The highest BCUT2D eigenvalue weighted by Crippen LogP contribution is 2.39. The van der Waals surface area contributed by atoms with Crippen LogP contribution in [0.15, 0.2) is 53.3 Å². The number of nitrogens with one attached hydrogen (secondary N) is 1. The molecule has 0 spiro atoms. The number of alkyl halides is 3. The van der Waals surface area contributed by atoms with E-state index >= 15 is 4.39 Å². The summed E-state index contributed by atoms with van der Waals surface area (Å²) in [6.45, 7) is 7.64. The number of aryl methyl sites for hydroxylation is 1. The minimum atomic E-state index is -4.70. The fourth-order valence-corrected chi connectivity index (χ4v) is 4.83. The van der Waals surface area contributed by atoms with Gasteiger partial charge in [-0.05, 0) is 43.0 Å². The molecule has 3 heterocycles. The summed E-state index contributed by atoms with van der Waals surface area (Å²) in [4.78, 5) is 17.6. The zero-order valence-corrected chi connectivity index (χ0v) is 22.9. The van der Waals surface area contributed by atoms with Crippen molar-refractivity contribution in [2.45, 2.75) is 59.5 Å². The number of ether oxygens (including phenoxy) is 1. The lowest BCUT2D eigenvalue weighted by Crippen LogP contribution is -2.24. The molecule has 3 aromatic heterocycles. The minimum absolute atomic E-state index is 0.0252. The topological polar surface area (TPSA) is 90.6 Å². The molecule has 214 valence electrons. The van der Waals surface area contributed by atoms with Crippen LogP contribution < -0.4 is 5.69 Å². The maximum absolute atomic E-state index is 15.6. The number of aromatic amines is 1. The molecule has 2 aromatic carbocycles. The summed E-state index contributed by atoms with van der Waals surface area (Å²) < 4.78 is 64.7. The van der Waals surface area contributed by atoms with Crippen molar-refractivity contribution in [1.82, 2.24) is 29.5 Å². The van der Waals surface area contributed by atoms with Crippen LogP contribution in [0.4, 0.5) is 17.6 Å². The molecule has 5 rings (SSSR count). The Morgan fingerprint density at radius 2 is 1.80 bits per heavy atom. The van der Waals surface area contributed by atoms with E-state index < -0.39 is 23.4 Å². The van der Waals surface area contributed by atoms with Crippen LogP contribution in [0, 0.1) is 12.7 Å². The van der Waals surface area contributed by atoms with Crippen molar-refractivity contribution in [3.63, 3.8) is 0 Å². The zero-order chi connectivity index (χ0) is 29.5. The number of nitrogens with zero attached hydrogens (tertiary/aromatic N) is 5. The lowest BCUT2D eigenvalue weighted by atomic mass is 9.95. The number of hydrogen-bond acceptors (Lipinski definition) is 5. The van der Waals surface area contributed by atoms with Gasteiger partial charge in [0.1, 0.15) is 12.3 Å². The van der Waals surface area contributed by atoms with Crippen LogP contribution in [0.2, 0.25) is 0 Å². The third-order valence-electron chi connectivity index (χ3n) is 6.83. The van der Waals surface area contributed by atoms with Crippen LogP contribution in [0.25, 0.3) is 27.8 Å². The van der Waals surface area contributed by atoms with Gasteiger partial charge in [-0.25, -0.2) is 14.2 Å². The molecule has 5 aromatic rings. The van der Waals surface area contributed by atoms with E-state index in [1.165, 1.54) is 17.6 Å². The monoisotopic (exact) mass is 568 g/mol. The smallest absolute Gasteiger partial charge is 0.369 e. The Morgan fingerprint density at radius 1 is 1.07 bits per heavy atom. The molecule has 12 heteroatoms. The first-order valence-electron chi connectivity index (χ1n) is 13.1. The molecule has 0 saturated heterocycles. The molecule has 0 saturated carbocycles. The summed E-state index contributed by atoms with van der Waals surface area (Å²) in [5, 5.41) is 10.7. The third kappa shape index (κ3) is 5.39. The summed E-state index contributed by atoms with van der Waals surface area (Å²) >= 11 is 0. The van der Waals surface area contributed by atoms with E-state index in [9.17, 15) is 18.0 Å². The van der Waals surface area contributed by atoms with Gasteiger partial charge in [0.2, 0.25) is 0 Å². The second kappa shape index (κ2) is 10.9. The van der Waals surface area contributed by atoms with E-state index in [4.69, 9.17) is 4.74 Å². The van der Waals surface area contributed by atoms with Gasteiger partial charge in [0, 0.05) is 23.7 Å². The summed E-state index contributed by atoms with van der Waals surface area (Å²) in [7, 11) is 0. The van der Waals surface area contributed by atoms with E-state index in [1.54, 1.807) is 13.0 Å². The maximum atomic E-state index is 15.6. The van der Waals surface area contributed by atoms with Crippen LogP contribution >= 0.6 is 0 Å². The van der Waals surface area contributed by atoms with Crippen molar-refractivity contribution in [3.8, 4) is 16.9 Å². The Bertz CT molecular complexity index is 1770. The van der Waals surface area contributed by atoms with Crippen molar-refractivity contribution in [1.29, 1.82) is 0 Å². The Balaban J connectivity index is 1.58. The van der Waals surface area contributed by atoms with Crippen LogP contribution in [-0.2, 0) is 30.7 Å². The SMILES string of the molecule is CCn1c(COCc2ccccc2)nn(-c2cc3c(C(C)C)cc(-c4c(C(F)(F)F)n[nH]c4C)nc3cc2F)c1=O.